The number of fused-ring (bicyclic) bond motifs is 1. The molecule has 1 heterocycles. The summed E-state index contributed by atoms with van der Waals surface area (Å²) in [5, 5.41) is 16.3. The fourth-order valence-corrected chi connectivity index (χ4v) is 4.44. The SMILES string of the molecule is COc1cc(/C=N\N2C(=O)[C@@H]3[C@@H](C2=O)[C@H]2C=C[C@H]3CC2)c([N+](=O)[O-])cc1OC. The Balaban J connectivity index is 1.67. The molecule has 0 spiro atoms. The van der Waals surface area contributed by atoms with Crippen LogP contribution in [0.15, 0.2) is 29.4 Å². The number of nitrogens with zero attached hydrogens (tertiary/aromatic N) is 3. The highest BCUT2D eigenvalue weighted by Gasteiger charge is 2.56. The monoisotopic (exact) mass is 385 g/mol. The quantitative estimate of drug-likeness (QED) is 0.252. The molecule has 0 unspecified atom stereocenters. The Morgan fingerprint density at radius 2 is 1.61 bits per heavy atom. The van der Waals surface area contributed by atoms with Gasteiger partial charge in [0.05, 0.1) is 48.8 Å². The molecule has 9 heteroatoms. The first kappa shape index (κ1) is 18.1. The summed E-state index contributed by atoms with van der Waals surface area (Å²) in [6, 6.07) is 2.61. The summed E-state index contributed by atoms with van der Waals surface area (Å²) < 4.78 is 10.3. The van der Waals surface area contributed by atoms with E-state index in [1.807, 2.05) is 12.2 Å². The molecule has 2 amide bonds. The minimum absolute atomic E-state index is 0.0575. The van der Waals surface area contributed by atoms with Crippen molar-refractivity contribution in [1.29, 1.82) is 0 Å². The molecule has 0 radical (unpaired) electrons. The molecule has 1 aromatic carbocycles. The molecule has 0 aromatic heterocycles. The highest BCUT2D eigenvalue weighted by molar-refractivity contribution is 6.06. The number of imide groups is 1. The van der Waals surface area contributed by atoms with Crippen LogP contribution in [0, 0.1) is 33.8 Å². The van der Waals surface area contributed by atoms with E-state index in [0.29, 0.717) is 0 Å². The van der Waals surface area contributed by atoms with Gasteiger partial charge in [-0.05, 0) is 30.7 Å². The second-order valence-corrected chi connectivity index (χ2v) is 7.10. The lowest BCUT2D eigenvalue weighted by Gasteiger charge is -2.37. The fourth-order valence-electron chi connectivity index (χ4n) is 4.44. The van der Waals surface area contributed by atoms with Gasteiger partial charge in [0.2, 0.25) is 0 Å². The van der Waals surface area contributed by atoms with E-state index in [1.54, 1.807) is 0 Å². The second kappa shape index (κ2) is 6.74. The van der Waals surface area contributed by atoms with Crippen molar-refractivity contribution in [2.45, 2.75) is 12.8 Å². The molecule has 1 aliphatic heterocycles. The number of amides is 2. The van der Waals surface area contributed by atoms with Gasteiger partial charge in [0.15, 0.2) is 11.5 Å². The Morgan fingerprint density at radius 1 is 1.07 bits per heavy atom. The van der Waals surface area contributed by atoms with E-state index in [2.05, 4.69) is 5.10 Å². The number of rotatable bonds is 5. The predicted octanol–water partition coefficient (Wildman–Crippen LogP) is 2.14. The summed E-state index contributed by atoms with van der Waals surface area (Å²) in [6.07, 6.45) is 6.97. The van der Waals surface area contributed by atoms with E-state index in [0.717, 1.165) is 24.1 Å². The van der Waals surface area contributed by atoms with Crippen molar-refractivity contribution >= 4 is 23.7 Å². The number of nitro groups is 1. The highest BCUT2D eigenvalue weighted by atomic mass is 16.6. The maximum Gasteiger partial charge on any atom is 0.282 e. The van der Waals surface area contributed by atoms with Crippen LogP contribution in [0.1, 0.15) is 18.4 Å². The van der Waals surface area contributed by atoms with Gasteiger partial charge in [-0.1, -0.05) is 12.2 Å². The molecular weight excluding hydrogens is 366 g/mol. The van der Waals surface area contributed by atoms with Gasteiger partial charge < -0.3 is 9.47 Å². The lowest BCUT2D eigenvalue weighted by molar-refractivity contribution is -0.385. The molecule has 5 rings (SSSR count). The zero-order valence-corrected chi connectivity index (χ0v) is 15.4. The molecule has 1 saturated carbocycles. The smallest absolute Gasteiger partial charge is 0.282 e. The van der Waals surface area contributed by atoms with Gasteiger partial charge in [-0.25, -0.2) is 0 Å². The van der Waals surface area contributed by atoms with Gasteiger partial charge in [0.25, 0.3) is 17.5 Å². The molecule has 4 aliphatic rings. The summed E-state index contributed by atoms with van der Waals surface area (Å²) in [6.45, 7) is 0. The number of carbonyl (C=O) groups is 2. The van der Waals surface area contributed by atoms with Crippen LogP contribution in [0.4, 0.5) is 5.69 Å². The van der Waals surface area contributed by atoms with Crippen molar-refractivity contribution in [3.8, 4) is 11.5 Å². The number of hydrogen-bond acceptors (Lipinski definition) is 7. The summed E-state index contributed by atoms with van der Waals surface area (Å²) in [5.74, 6) is -0.841. The van der Waals surface area contributed by atoms with Crippen LogP contribution in [0.25, 0.3) is 0 Å². The highest BCUT2D eigenvalue weighted by Crippen LogP contribution is 2.49. The number of hydrazone groups is 1. The summed E-state index contributed by atoms with van der Waals surface area (Å²) >= 11 is 0. The molecule has 28 heavy (non-hydrogen) atoms. The Kier molecular flexibility index (Phi) is 4.37. The predicted molar refractivity (Wildman–Crippen MR) is 98.0 cm³/mol. The maximum absolute atomic E-state index is 12.8. The molecule has 9 nitrogen and oxygen atoms in total. The Labute approximate surface area is 160 Å². The van der Waals surface area contributed by atoms with Crippen LogP contribution in [-0.4, -0.2) is 42.2 Å². The van der Waals surface area contributed by atoms with Crippen molar-refractivity contribution in [2.24, 2.45) is 28.8 Å². The number of benzene rings is 1. The molecule has 146 valence electrons. The zero-order chi connectivity index (χ0) is 20.0. The lowest BCUT2D eigenvalue weighted by Crippen LogP contribution is -2.38. The fraction of sp³-hybridized carbons (Fsp3) is 0.421. The second-order valence-electron chi connectivity index (χ2n) is 7.10. The molecule has 4 atom stereocenters. The first-order valence-corrected chi connectivity index (χ1v) is 8.96. The van der Waals surface area contributed by atoms with Crippen molar-refractivity contribution in [2.75, 3.05) is 14.2 Å². The van der Waals surface area contributed by atoms with Gasteiger partial charge in [0, 0.05) is 0 Å². The first-order chi connectivity index (χ1) is 13.5. The largest absolute Gasteiger partial charge is 0.493 e. The Bertz CT molecular complexity index is 892. The average Bonchev–Trinajstić information content (AvgIpc) is 2.98. The normalized spacial score (nSPS) is 28.1. The van der Waals surface area contributed by atoms with Gasteiger partial charge in [0.1, 0.15) is 0 Å². The van der Waals surface area contributed by atoms with Gasteiger partial charge in [-0.2, -0.15) is 10.1 Å². The third kappa shape index (κ3) is 2.65. The van der Waals surface area contributed by atoms with Crippen LogP contribution in [-0.2, 0) is 9.59 Å². The third-order valence-electron chi connectivity index (χ3n) is 5.78. The Hall–Kier alpha value is -3.23. The van der Waals surface area contributed by atoms with E-state index in [-0.39, 0.29) is 58.2 Å². The molecule has 1 saturated heterocycles. The molecule has 1 aromatic rings. The van der Waals surface area contributed by atoms with E-state index in [9.17, 15) is 19.7 Å². The topological polar surface area (TPSA) is 111 Å². The van der Waals surface area contributed by atoms with Crippen molar-refractivity contribution < 1.29 is 24.0 Å². The van der Waals surface area contributed by atoms with Gasteiger partial charge in [-0.3, -0.25) is 19.7 Å². The van der Waals surface area contributed by atoms with E-state index in [4.69, 9.17) is 9.47 Å². The molecular formula is C19H19N3O6. The van der Waals surface area contributed by atoms with Crippen LogP contribution in [0.5, 0.6) is 11.5 Å². The minimum atomic E-state index is -0.582. The van der Waals surface area contributed by atoms with Crippen molar-refractivity contribution in [1.82, 2.24) is 5.01 Å². The number of ether oxygens (including phenoxy) is 2. The molecule has 2 fully saturated rings. The van der Waals surface area contributed by atoms with E-state index < -0.39 is 4.92 Å². The minimum Gasteiger partial charge on any atom is -0.493 e. The number of methoxy groups -OCH3 is 2. The first-order valence-electron chi connectivity index (χ1n) is 8.96. The third-order valence-corrected chi connectivity index (χ3v) is 5.78. The Morgan fingerprint density at radius 3 is 2.07 bits per heavy atom. The average molecular weight is 385 g/mol. The number of allylic oxidation sites excluding steroid dienone is 2. The van der Waals surface area contributed by atoms with Gasteiger partial charge >= 0.3 is 0 Å². The lowest BCUT2D eigenvalue weighted by atomic mass is 9.63. The maximum atomic E-state index is 12.8. The van der Waals surface area contributed by atoms with Crippen LogP contribution in [0.3, 0.4) is 0 Å². The van der Waals surface area contributed by atoms with Crippen molar-refractivity contribution in [3.63, 3.8) is 0 Å². The summed E-state index contributed by atoms with van der Waals surface area (Å²) in [4.78, 5) is 36.4. The van der Waals surface area contributed by atoms with Crippen LogP contribution >= 0.6 is 0 Å². The molecule has 2 bridgehead atoms. The standard InChI is InChI=1S/C19H19N3O6/c1-27-14-7-12(13(22(25)26)8-15(14)28-2)9-20-21-18(23)16-10-3-4-11(6-5-10)17(16)19(21)24/h3-4,7-11,16-17H,5-6H2,1-2H3/b20-9-/t10-,11-,16-,17-/m0/s1. The van der Waals surface area contributed by atoms with Crippen LogP contribution < -0.4 is 9.47 Å². The number of carbonyl (C=O) groups excluding carboxylic acids is 2. The zero-order valence-electron chi connectivity index (χ0n) is 15.4. The van der Waals surface area contributed by atoms with Crippen LogP contribution in [0.2, 0.25) is 0 Å². The van der Waals surface area contributed by atoms with E-state index >= 15 is 0 Å². The number of nitro benzene ring substituents is 1. The van der Waals surface area contributed by atoms with E-state index in [1.165, 1.54) is 26.4 Å². The summed E-state index contributed by atoms with van der Waals surface area (Å²) in [7, 11) is 2.78. The summed E-state index contributed by atoms with van der Waals surface area (Å²) in [5.41, 5.74) is -0.154. The molecule has 0 N–H and O–H groups in total. The van der Waals surface area contributed by atoms with Crippen molar-refractivity contribution in [3.05, 3.63) is 40.0 Å². The molecule has 3 aliphatic carbocycles. The number of hydrogen-bond donors (Lipinski definition) is 0. The van der Waals surface area contributed by atoms with Gasteiger partial charge in [-0.15, -0.1) is 0 Å².